The number of nitrogens with two attached hydrogens (primary N) is 1. The van der Waals surface area contributed by atoms with Gasteiger partial charge >= 0.3 is 7.82 Å². The molecule has 0 amide bonds. The smallest absolute Gasteiger partial charge is 0.466 e. The highest BCUT2D eigenvalue weighted by molar-refractivity contribution is 7.45. The molecule has 0 aliphatic heterocycles. The Morgan fingerprint density at radius 3 is 2.25 bits per heavy atom. The summed E-state index contributed by atoms with van der Waals surface area (Å²) in [5.74, 6) is 4.80. The third kappa shape index (κ3) is 6.33. The van der Waals surface area contributed by atoms with Gasteiger partial charge in [0.1, 0.15) is 0 Å². The third-order valence-corrected chi connectivity index (χ3v) is 1.33. The van der Waals surface area contributed by atoms with Crippen LogP contribution < -0.4 is 16.0 Å². The second kappa shape index (κ2) is 6.41. The van der Waals surface area contributed by atoms with Gasteiger partial charge in [0.2, 0.25) is 0 Å². The van der Waals surface area contributed by atoms with Gasteiger partial charge in [-0.2, -0.15) is 0 Å². The molecule has 0 spiro atoms. The van der Waals surface area contributed by atoms with Gasteiger partial charge in [0.15, 0.2) is 11.6 Å². The Labute approximate surface area is 90.9 Å². The summed E-state index contributed by atoms with van der Waals surface area (Å²) in [5, 5.41) is 0. The lowest BCUT2D eigenvalue weighted by Gasteiger charge is -2.06. The number of hydrogen-bond donors (Lipinski definition) is 5. The molecule has 0 aromatic heterocycles. The SMILES string of the molecule is COc1c(F)cccc1NN.O=P(O)(O)O. The average Bonchev–Trinajstić information content (AvgIpc) is 2.14. The molecule has 9 heteroatoms. The quantitative estimate of drug-likeness (QED) is 0.290. The Bertz CT molecular complexity index is 375. The zero-order valence-electron chi connectivity index (χ0n) is 8.29. The highest BCUT2D eigenvalue weighted by Crippen LogP contribution is 2.26. The van der Waals surface area contributed by atoms with E-state index in [9.17, 15) is 4.39 Å². The monoisotopic (exact) mass is 254 g/mol. The van der Waals surface area contributed by atoms with Crippen LogP contribution in [0.4, 0.5) is 10.1 Å². The molecule has 92 valence electrons. The third-order valence-electron chi connectivity index (χ3n) is 1.33. The zero-order valence-corrected chi connectivity index (χ0v) is 9.19. The highest BCUT2D eigenvalue weighted by Gasteiger charge is 2.05. The number of hydrazine groups is 1. The highest BCUT2D eigenvalue weighted by atomic mass is 31.2. The fourth-order valence-electron chi connectivity index (χ4n) is 0.830. The number of phosphoric acid groups is 1. The Kier molecular flexibility index (Phi) is 5.94. The van der Waals surface area contributed by atoms with Crippen molar-refractivity contribution in [2.75, 3.05) is 12.5 Å². The van der Waals surface area contributed by atoms with Crippen LogP contribution in [-0.4, -0.2) is 21.8 Å². The van der Waals surface area contributed by atoms with Crippen LogP contribution in [0.2, 0.25) is 0 Å². The van der Waals surface area contributed by atoms with Crippen LogP contribution in [0.3, 0.4) is 0 Å². The van der Waals surface area contributed by atoms with Crippen LogP contribution in [-0.2, 0) is 4.57 Å². The molecule has 0 aliphatic carbocycles. The second-order valence-corrected chi connectivity index (χ2v) is 3.50. The summed E-state index contributed by atoms with van der Waals surface area (Å²) in [6.45, 7) is 0. The minimum atomic E-state index is -4.64. The number of halogens is 1. The van der Waals surface area contributed by atoms with Crippen molar-refractivity contribution in [2.24, 2.45) is 5.84 Å². The minimum Gasteiger partial charge on any atom is -0.492 e. The van der Waals surface area contributed by atoms with Crippen LogP contribution in [0.1, 0.15) is 0 Å². The summed E-state index contributed by atoms with van der Waals surface area (Å²) >= 11 is 0. The second-order valence-electron chi connectivity index (χ2n) is 2.48. The van der Waals surface area contributed by atoms with Crippen molar-refractivity contribution in [3.8, 4) is 5.75 Å². The van der Waals surface area contributed by atoms with E-state index in [2.05, 4.69) is 5.43 Å². The molecule has 0 bridgehead atoms. The standard InChI is InChI=1S/C7H9FN2O.H3O4P/c1-11-7-5(8)3-2-4-6(7)10-9;1-5(2,3)4/h2-4,10H,9H2,1H3;(H3,1,2,3,4). The van der Waals surface area contributed by atoms with Crippen molar-refractivity contribution in [1.29, 1.82) is 0 Å². The molecule has 0 radical (unpaired) electrons. The van der Waals surface area contributed by atoms with E-state index in [1.807, 2.05) is 0 Å². The van der Waals surface area contributed by atoms with Crippen molar-refractivity contribution in [3.63, 3.8) is 0 Å². The fraction of sp³-hybridized carbons (Fsp3) is 0.143. The lowest BCUT2D eigenvalue weighted by Crippen LogP contribution is -2.08. The van der Waals surface area contributed by atoms with Gasteiger partial charge in [0.05, 0.1) is 12.8 Å². The van der Waals surface area contributed by atoms with E-state index in [1.165, 1.54) is 13.2 Å². The first kappa shape index (κ1) is 14.8. The molecule has 1 aromatic rings. The predicted molar refractivity (Wildman–Crippen MR) is 55.0 cm³/mol. The first-order chi connectivity index (χ1) is 7.29. The molecule has 0 heterocycles. The number of nitrogen functional groups attached to an aromatic ring is 1. The van der Waals surface area contributed by atoms with Crippen molar-refractivity contribution in [3.05, 3.63) is 24.0 Å². The molecule has 0 saturated carbocycles. The first-order valence-electron chi connectivity index (χ1n) is 3.87. The summed E-state index contributed by atoms with van der Waals surface area (Å²) < 4.78 is 26.4. The summed E-state index contributed by atoms with van der Waals surface area (Å²) in [6.07, 6.45) is 0. The Hall–Kier alpha value is -1.18. The molecule has 0 atom stereocenters. The summed E-state index contributed by atoms with van der Waals surface area (Å²) in [7, 11) is -3.25. The van der Waals surface area contributed by atoms with Crippen molar-refractivity contribution in [1.82, 2.24) is 0 Å². The molecule has 0 unspecified atom stereocenters. The van der Waals surface area contributed by atoms with E-state index in [-0.39, 0.29) is 5.75 Å². The van der Waals surface area contributed by atoms with E-state index < -0.39 is 13.6 Å². The largest absolute Gasteiger partial charge is 0.492 e. The van der Waals surface area contributed by atoms with Gasteiger partial charge in [-0.05, 0) is 12.1 Å². The number of nitrogens with one attached hydrogen (secondary N) is 1. The van der Waals surface area contributed by atoms with Crippen LogP contribution in [0.15, 0.2) is 18.2 Å². The summed E-state index contributed by atoms with van der Waals surface area (Å²) in [5.41, 5.74) is 2.76. The molecule has 16 heavy (non-hydrogen) atoms. The number of benzene rings is 1. The van der Waals surface area contributed by atoms with Crippen LogP contribution in [0, 0.1) is 5.82 Å². The molecular formula is C7H12FN2O5P. The van der Waals surface area contributed by atoms with Crippen LogP contribution in [0.5, 0.6) is 5.75 Å². The maximum atomic E-state index is 12.8. The molecule has 1 rings (SSSR count). The van der Waals surface area contributed by atoms with E-state index in [0.717, 1.165) is 0 Å². The van der Waals surface area contributed by atoms with Gasteiger partial charge < -0.3 is 24.8 Å². The molecule has 6 N–H and O–H groups in total. The maximum Gasteiger partial charge on any atom is 0.466 e. The van der Waals surface area contributed by atoms with Gasteiger partial charge in [-0.1, -0.05) is 6.07 Å². The van der Waals surface area contributed by atoms with E-state index >= 15 is 0 Å². The number of hydrogen-bond acceptors (Lipinski definition) is 4. The number of anilines is 1. The molecule has 0 fully saturated rings. The number of rotatable bonds is 2. The van der Waals surface area contributed by atoms with Gasteiger partial charge in [0.25, 0.3) is 0 Å². The van der Waals surface area contributed by atoms with Gasteiger partial charge in [-0.25, -0.2) is 8.96 Å². The van der Waals surface area contributed by atoms with Crippen molar-refractivity contribution in [2.45, 2.75) is 0 Å². The Morgan fingerprint density at radius 1 is 1.44 bits per heavy atom. The first-order valence-corrected chi connectivity index (χ1v) is 5.43. The summed E-state index contributed by atoms with van der Waals surface area (Å²) in [6, 6.07) is 4.48. The van der Waals surface area contributed by atoms with Gasteiger partial charge in [0, 0.05) is 0 Å². The minimum absolute atomic E-state index is 0.134. The van der Waals surface area contributed by atoms with E-state index in [1.54, 1.807) is 12.1 Å². The van der Waals surface area contributed by atoms with E-state index in [0.29, 0.717) is 5.69 Å². The van der Waals surface area contributed by atoms with Crippen molar-refractivity contribution >= 4 is 13.5 Å². The fourth-order valence-corrected chi connectivity index (χ4v) is 0.830. The number of ether oxygens (including phenoxy) is 1. The van der Waals surface area contributed by atoms with Crippen LogP contribution >= 0.6 is 7.82 Å². The topological polar surface area (TPSA) is 125 Å². The molecule has 7 nitrogen and oxygen atoms in total. The lowest BCUT2D eigenvalue weighted by molar-refractivity contribution is 0.275. The zero-order chi connectivity index (χ0) is 12.8. The molecule has 0 saturated heterocycles. The van der Waals surface area contributed by atoms with Crippen molar-refractivity contribution < 1.29 is 28.4 Å². The molecule has 0 aliphatic rings. The summed E-state index contributed by atoms with van der Waals surface area (Å²) in [4.78, 5) is 21.6. The predicted octanol–water partition coefficient (Wildman–Crippen LogP) is 0.191. The maximum absolute atomic E-state index is 12.8. The van der Waals surface area contributed by atoms with E-state index in [4.69, 9.17) is 29.8 Å². The Balaban J connectivity index is 0.000000385. The number of methoxy groups -OCH3 is 1. The van der Waals surface area contributed by atoms with Gasteiger partial charge in [-0.3, -0.25) is 5.84 Å². The van der Waals surface area contributed by atoms with Crippen LogP contribution in [0.25, 0.3) is 0 Å². The average molecular weight is 254 g/mol. The number of para-hydroxylation sites is 1. The Morgan fingerprint density at radius 2 is 1.94 bits per heavy atom. The molecule has 1 aromatic carbocycles. The normalized spacial score (nSPS) is 10.1. The molecular weight excluding hydrogens is 242 g/mol. The lowest BCUT2D eigenvalue weighted by atomic mass is 10.3. The van der Waals surface area contributed by atoms with Gasteiger partial charge in [-0.15, -0.1) is 0 Å².